The molecule has 3 aromatic rings. The van der Waals surface area contributed by atoms with Gasteiger partial charge in [-0.2, -0.15) is 0 Å². The van der Waals surface area contributed by atoms with Crippen LogP contribution in [0.2, 0.25) is 0 Å². The molecular formula is C15H11NO3S. The van der Waals surface area contributed by atoms with Gasteiger partial charge >= 0.3 is 5.97 Å². The van der Waals surface area contributed by atoms with E-state index >= 15 is 0 Å². The Bertz CT molecular complexity index is 862. The highest BCUT2D eigenvalue weighted by molar-refractivity contribution is 7.16. The summed E-state index contributed by atoms with van der Waals surface area (Å²) in [7, 11) is 0. The lowest BCUT2D eigenvalue weighted by Crippen LogP contribution is -2.17. The normalized spacial score (nSPS) is 10.8. The number of carboxylic acid groups (broad SMARTS) is 1. The van der Waals surface area contributed by atoms with Gasteiger partial charge in [0.05, 0.1) is 0 Å². The van der Waals surface area contributed by atoms with Crippen molar-refractivity contribution in [2.24, 2.45) is 0 Å². The number of rotatable bonds is 2. The molecule has 0 saturated heterocycles. The first-order valence-electron chi connectivity index (χ1n) is 6.02. The average molecular weight is 285 g/mol. The molecule has 0 saturated carbocycles. The minimum absolute atomic E-state index is 0.00665. The molecule has 0 radical (unpaired) electrons. The van der Waals surface area contributed by atoms with E-state index in [1.54, 1.807) is 0 Å². The van der Waals surface area contributed by atoms with E-state index in [9.17, 15) is 14.7 Å². The monoisotopic (exact) mass is 285 g/mol. The summed E-state index contributed by atoms with van der Waals surface area (Å²) in [6.07, 6.45) is 0. The minimum atomic E-state index is -1.10. The van der Waals surface area contributed by atoms with Crippen LogP contribution >= 0.6 is 11.3 Å². The Balaban J connectivity index is 2.45. The predicted octanol–water partition coefficient (Wildman–Crippen LogP) is 3.03. The molecule has 2 heterocycles. The summed E-state index contributed by atoms with van der Waals surface area (Å²) >= 11 is 1.27. The second-order valence-corrected chi connectivity index (χ2v) is 5.33. The predicted molar refractivity (Wildman–Crippen MR) is 78.7 cm³/mol. The zero-order valence-electron chi connectivity index (χ0n) is 10.7. The number of hydrogen-bond acceptors (Lipinski definition) is 3. The van der Waals surface area contributed by atoms with E-state index in [0.29, 0.717) is 4.83 Å². The van der Waals surface area contributed by atoms with Crippen molar-refractivity contribution in [3.05, 3.63) is 63.4 Å². The number of pyridine rings is 1. The Morgan fingerprint density at radius 2 is 1.95 bits per heavy atom. The van der Waals surface area contributed by atoms with Crippen LogP contribution in [0.5, 0.6) is 0 Å². The zero-order valence-corrected chi connectivity index (χ0v) is 11.5. The lowest BCUT2D eigenvalue weighted by atomic mass is 10.0. The van der Waals surface area contributed by atoms with Gasteiger partial charge in [0.1, 0.15) is 10.5 Å². The SMILES string of the molecule is Cc1cc(=O)n2c(C(=O)O)csc2c1-c1ccccc1. The lowest BCUT2D eigenvalue weighted by Gasteiger charge is -2.08. The third-order valence-corrected chi connectivity index (χ3v) is 4.13. The topological polar surface area (TPSA) is 58.8 Å². The van der Waals surface area contributed by atoms with Crippen LogP contribution in [-0.2, 0) is 0 Å². The third kappa shape index (κ3) is 1.83. The van der Waals surface area contributed by atoms with E-state index in [2.05, 4.69) is 0 Å². The minimum Gasteiger partial charge on any atom is -0.477 e. The van der Waals surface area contributed by atoms with Crippen LogP contribution in [0.4, 0.5) is 0 Å². The van der Waals surface area contributed by atoms with Gasteiger partial charge < -0.3 is 5.11 Å². The number of carbonyl (C=O) groups is 1. The number of thiazole rings is 1. The van der Waals surface area contributed by atoms with Crippen molar-refractivity contribution in [1.29, 1.82) is 0 Å². The van der Waals surface area contributed by atoms with E-state index in [1.165, 1.54) is 27.2 Å². The van der Waals surface area contributed by atoms with E-state index in [4.69, 9.17) is 0 Å². The van der Waals surface area contributed by atoms with Crippen LogP contribution in [0.15, 0.2) is 46.6 Å². The van der Waals surface area contributed by atoms with Crippen LogP contribution in [0, 0.1) is 6.92 Å². The molecule has 5 heteroatoms. The molecule has 0 fully saturated rings. The first kappa shape index (κ1) is 12.6. The van der Waals surface area contributed by atoms with Gasteiger partial charge in [0, 0.05) is 17.0 Å². The number of fused-ring (bicyclic) bond motifs is 1. The van der Waals surface area contributed by atoms with Crippen LogP contribution in [-0.4, -0.2) is 15.5 Å². The highest BCUT2D eigenvalue weighted by atomic mass is 32.1. The molecule has 0 atom stereocenters. The highest BCUT2D eigenvalue weighted by Gasteiger charge is 2.17. The fourth-order valence-corrected chi connectivity index (χ4v) is 3.43. The summed E-state index contributed by atoms with van der Waals surface area (Å²) in [5, 5.41) is 10.7. The van der Waals surface area contributed by atoms with Gasteiger partial charge in [0.15, 0.2) is 0 Å². The molecule has 0 aliphatic rings. The Morgan fingerprint density at radius 3 is 2.60 bits per heavy atom. The number of aromatic nitrogens is 1. The number of carboxylic acids is 1. The van der Waals surface area contributed by atoms with E-state index in [0.717, 1.165) is 16.7 Å². The van der Waals surface area contributed by atoms with Gasteiger partial charge in [0.2, 0.25) is 0 Å². The molecule has 4 nitrogen and oxygen atoms in total. The largest absolute Gasteiger partial charge is 0.477 e. The van der Waals surface area contributed by atoms with Crippen molar-refractivity contribution in [2.45, 2.75) is 6.92 Å². The second kappa shape index (κ2) is 4.61. The summed E-state index contributed by atoms with van der Waals surface area (Å²) in [6, 6.07) is 11.1. The van der Waals surface area contributed by atoms with Crippen molar-refractivity contribution in [3.8, 4) is 11.1 Å². The number of aryl methyl sites for hydroxylation is 1. The fraction of sp³-hybridized carbons (Fsp3) is 0.0667. The molecule has 0 bridgehead atoms. The van der Waals surface area contributed by atoms with Crippen LogP contribution in [0.1, 0.15) is 16.1 Å². The maximum absolute atomic E-state index is 12.1. The molecule has 2 aromatic heterocycles. The van der Waals surface area contributed by atoms with Gasteiger partial charge in [0.25, 0.3) is 5.56 Å². The quantitative estimate of drug-likeness (QED) is 0.787. The van der Waals surface area contributed by atoms with E-state index in [-0.39, 0.29) is 11.3 Å². The Morgan fingerprint density at radius 1 is 1.25 bits per heavy atom. The molecule has 100 valence electrons. The maximum Gasteiger partial charge on any atom is 0.353 e. The van der Waals surface area contributed by atoms with E-state index < -0.39 is 5.97 Å². The number of benzene rings is 1. The highest BCUT2D eigenvalue weighted by Crippen LogP contribution is 2.30. The van der Waals surface area contributed by atoms with Gasteiger partial charge in [-0.3, -0.25) is 9.20 Å². The number of aromatic carboxylic acids is 1. The average Bonchev–Trinajstić information content (AvgIpc) is 2.85. The van der Waals surface area contributed by atoms with Crippen LogP contribution in [0.25, 0.3) is 16.0 Å². The Labute approximate surface area is 118 Å². The Hall–Kier alpha value is -2.40. The number of nitrogens with zero attached hydrogens (tertiary/aromatic N) is 1. The van der Waals surface area contributed by atoms with Gasteiger partial charge in [-0.25, -0.2) is 4.79 Å². The number of hydrogen-bond donors (Lipinski definition) is 1. The zero-order chi connectivity index (χ0) is 14.3. The van der Waals surface area contributed by atoms with Gasteiger partial charge in [-0.15, -0.1) is 11.3 Å². The van der Waals surface area contributed by atoms with Crippen molar-refractivity contribution in [2.75, 3.05) is 0 Å². The summed E-state index contributed by atoms with van der Waals surface area (Å²) in [5.74, 6) is -1.10. The van der Waals surface area contributed by atoms with Gasteiger partial charge in [-0.05, 0) is 18.1 Å². The molecule has 0 amide bonds. The second-order valence-electron chi connectivity index (χ2n) is 4.47. The first-order chi connectivity index (χ1) is 9.59. The molecule has 0 aliphatic carbocycles. The third-order valence-electron chi connectivity index (χ3n) is 3.18. The summed E-state index contributed by atoms with van der Waals surface area (Å²) in [4.78, 5) is 23.9. The molecule has 1 aromatic carbocycles. The lowest BCUT2D eigenvalue weighted by molar-refractivity contribution is 0.0689. The summed E-state index contributed by atoms with van der Waals surface area (Å²) in [5.41, 5.74) is 2.42. The smallest absolute Gasteiger partial charge is 0.353 e. The fourth-order valence-electron chi connectivity index (χ4n) is 2.31. The maximum atomic E-state index is 12.1. The summed E-state index contributed by atoms with van der Waals surface area (Å²) < 4.78 is 1.27. The van der Waals surface area contributed by atoms with E-state index in [1.807, 2.05) is 37.3 Å². The molecule has 0 aliphatic heterocycles. The standard InChI is InChI=1S/C15H11NO3S/c1-9-7-12(17)16-11(15(18)19)8-20-14(16)13(9)10-5-3-2-4-6-10/h2-8H,1H3,(H,18,19). The molecular weight excluding hydrogens is 274 g/mol. The van der Waals surface area contributed by atoms with Crippen molar-refractivity contribution < 1.29 is 9.90 Å². The molecule has 20 heavy (non-hydrogen) atoms. The van der Waals surface area contributed by atoms with Crippen molar-refractivity contribution in [3.63, 3.8) is 0 Å². The first-order valence-corrected chi connectivity index (χ1v) is 6.90. The molecule has 0 unspecified atom stereocenters. The van der Waals surface area contributed by atoms with Crippen molar-refractivity contribution in [1.82, 2.24) is 4.40 Å². The molecule has 1 N–H and O–H groups in total. The molecule has 0 spiro atoms. The van der Waals surface area contributed by atoms with Crippen molar-refractivity contribution >= 4 is 22.1 Å². The van der Waals surface area contributed by atoms with Gasteiger partial charge in [-0.1, -0.05) is 30.3 Å². The molecule has 3 rings (SSSR count). The summed E-state index contributed by atoms with van der Waals surface area (Å²) in [6.45, 7) is 1.86. The van der Waals surface area contributed by atoms with Crippen LogP contribution < -0.4 is 5.56 Å². The Kier molecular flexibility index (Phi) is 2.91. The van der Waals surface area contributed by atoms with Crippen LogP contribution in [0.3, 0.4) is 0 Å².